The van der Waals surface area contributed by atoms with Crippen LogP contribution < -0.4 is 0 Å². The van der Waals surface area contributed by atoms with Gasteiger partial charge in [-0.15, -0.1) is 0 Å². The fourth-order valence-electron chi connectivity index (χ4n) is 2.77. The Morgan fingerprint density at radius 2 is 1.43 bits per heavy atom. The Balaban J connectivity index is 2.02. The second-order valence-corrected chi connectivity index (χ2v) is 6.57. The predicted octanol–water partition coefficient (Wildman–Crippen LogP) is 6.52. The van der Waals surface area contributed by atoms with Crippen molar-refractivity contribution in [1.82, 2.24) is 0 Å². The van der Waals surface area contributed by atoms with Crippen molar-refractivity contribution in [3.05, 3.63) is 72.5 Å². The summed E-state index contributed by atoms with van der Waals surface area (Å²) in [5.74, 6) is -0.279. The van der Waals surface area contributed by atoms with Gasteiger partial charge in [-0.05, 0) is 46.2 Å². The monoisotopic (exact) mass is 296 g/mol. The molecule has 0 amide bonds. The molecule has 3 heteroatoms. The topological polar surface area (TPSA) is 0 Å². The second kappa shape index (κ2) is 4.68. The number of hydrogen-bond acceptors (Lipinski definition) is 0. The van der Waals surface area contributed by atoms with Crippen molar-refractivity contribution in [1.29, 1.82) is 0 Å². The highest BCUT2D eigenvalue weighted by molar-refractivity contribution is 7.56. The molecule has 1 atom stereocenters. The lowest BCUT2D eigenvalue weighted by molar-refractivity contribution is 0.628. The van der Waals surface area contributed by atoms with Gasteiger partial charge in [0.05, 0.1) is 7.84 Å². The van der Waals surface area contributed by atoms with Crippen LogP contribution in [0.15, 0.2) is 66.7 Å². The lowest BCUT2D eigenvalue weighted by atomic mass is 10.0. The maximum atomic E-state index is 14.7. The van der Waals surface area contributed by atoms with E-state index in [0.717, 1.165) is 32.1 Å². The zero-order chi connectivity index (χ0) is 14.4. The highest BCUT2D eigenvalue weighted by Gasteiger charge is 2.12. The van der Waals surface area contributed by atoms with E-state index in [9.17, 15) is 8.59 Å². The Kier molecular flexibility index (Phi) is 2.80. The van der Waals surface area contributed by atoms with Crippen molar-refractivity contribution >= 4 is 28.9 Å². The van der Waals surface area contributed by atoms with Gasteiger partial charge in [-0.3, -0.25) is 0 Å². The molecular weight excluding hydrogens is 285 g/mol. The van der Waals surface area contributed by atoms with Crippen LogP contribution >= 0.6 is 7.84 Å². The van der Waals surface area contributed by atoms with Crippen molar-refractivity contribution in [2.45, 2.75) is 0 Å². The Bertz CT molecular complexity index is 969. The van der Waals surface area contributed by atoms with E-state index in [1.54, 1.807) is 6.07 Å². The van der Waals surface area contributed by atoms with Crippen molar-refractivity contribution in [3.63, 3.8) is 0 Å². The van der Waals surface area contributed by atoms with E-state index in [1.807, 2.05) is 48.5 Å². The van der Waals surface area contributed by atoms with E-state index < -0.39 is 7.84 Å². The number of hydrogen-bond donors (Lipinski definition) is 0. The van der Waals surface area contributed by atoms with Crippen LogP contribution in [-0.2, 0) is 0 Å². The Labute approximate surface area is 121 Å². The fourth-order valence-corrected chi connectivity index (χ4v) is 4.31. The van der Waals surface area contributed by atoms with Gasteiger partial charge in [0, 0.05) is 10.2 Å². The average Bonchev–Trinajstić information content (AvgIpc) is 2.81. The third kappa shape index (κ3) is 1.95. The van der Waals surface area contributed by atoms with Crippen LogP contribution in [0.2, 0.25) is 0 Å². The first-order valence-electron chi connectivity index (χ1n) is 6.69. The molecule has 0 nitrogen and oxygen atoms in total. The summed E-state index contributed by atoms with van der Waals surface area (Å²) in [6, 6.07) is 19.7. The summed E-state index contributed by atoms with van der Waals surface area (Å²) >= 11 is 0. The largest absolute Gasteiger partial charge is 0.207 e. The summed E-state index contributed by atoms with van der Waals surface area (Å²) in [7, 11) is -1.80. The van der Waals surface area contributed by atoms with Gasteiger partial charge in [-0.2, -0.15) is 4.20 Å². The van der Waals surface area contributed by atoms with Crippen LogP contribution in [-0.4, -0.2) is 0 Å². The van der Waals surface area contributed by atoms with Gasteiger partial charge in [0.2, 0.25) is 0 Å². The molecule has 0 spiro atoms. The summed E-state index contributed by atoms with van der Waals surface area (Å²) in [4.78, 5) is 0. The summed E-state index contributed by atoms with van der Waals surface area (Å²) in [5, 5.41) is 3.44. The van der Waals surface area contributed by atoms with Crippen molar-refractivity contribution < 1.29 is 8.59 Å². The quantitative estimate of drug-likeness (QED) is 0.375. The normalized spacial score (nSPS) is 12.2. The van der Waals surface area contributed by atoms with E-state index in [2.05, 4.69) is 0 Å². The van der Waals surface area contributed by atoms with Gasteiger partial charge in [0.25, 0.3) is 0 Å². The molecule has 0 aliphatic heterocycles. The summed E-state index contributed by atoms with van der Waals surface area (Å²) in [5.41, 5.74) is 1.63. The zero-order valence-corrected chi connectivity index (χ0v) is 11.9. The number of fused-ring (bicyclic) bond motifs is 3. The van der Waals surface area contributed by atoms with Crippen LogP contribution in [0, 0.1) is 5.82 Å². The molecule has 4 rings (SSSR count). The lowest BCUT2D eigenvalue weighted by Crippen LogP contribution is -1.79. The van der Waals surface area contributed by atoms with E-state index in [0.29, 0.717) is 0 Å². The summed E-state index contributed by atoms with van der Waals surface area (Å²) < 4.78 is 28.0. The third-order valence-electron chi connectivity index (χ3n) is 3.77. The number of rotatable bonds is 1. The van der Waals surface area contributed by atoms with Gasteiger partial charge >= 0.3 is 0 Å². The minimum Gasteiger partial charge on any atom is -0.207 e. The van der Waals surface area contributed by atoms with E-state index in [1.165, 1.54) is 12.1 Å². The van der Waals surface area contributed by atoms with E-state index >= 15 is 0 Å². The average molecular weight is 296 g/mol. The molecule has 21 heavy (non-hydrogen) atoms. The van der Waals surface area contributed by atoms with Crippen molar-refractivity contribution in [3.8, 4) is 11.1 Å². The zero-order valence-electron chi connectivity index (χ0n) is 11.1. The van der Waals surface area contributed by atoms with Crippen molar-refractivity contribution in [2.24, 2.45) is 0 Å². The van der Waals surface area contributed by atoms with E-state index in [-0.39, 0.29) is 5.82 Å². The summed E-state index contributed by atoms with van der Waals surface area (Å²) in [6.45, 7) is 0. The fraction of sp³-hybridized carbons (Fsp3) is 0. The Morgan fingerprint density at radius 1 is 0.667 bits per heavy atom. The first kappa shape index (κ1) is 12.6. The molecule has 102 valence electrons. The van der Waals surface area contributed by atoms with Gasteiger partial charge < -0.3 is 0 Å². The SMILES string of the molecule is Fc1cccc(-c2ccc3c4ccccc4p(F)c3c2)c1. The minimum atomic E-state index is -1.80. The minimum absolute atomic E-state index is 0.279. The standard InChI is InChI=1S/C18H11F2P/c19-14-5-3-4-12(10-14)13-8-9-16-15-6-1-2-7-17(15)21(20)18(16)11-13/h1-11H. The smallest absolute Gasteiger partial charge is 0.123 e. The molecule has 1 heterocycles. The number of halogens is 2. The van der Waals surface area contributed by atoms with Gasteiger partial charge in [-0.25, -0.2) is 4.39 Å². The van der Waals surface area contributed by atoms with Gasteiger partial charge in [0.15, 0.2) is 0 Å². The second-order valence-electron chi connectivity index (χ2n) is 5.04. The molecule has 0 fully saturated rings. The molecule has 0 aliphatic carbocycles. The van der Waals surface area contributed by atoms with Crippen LogP contribution in [0.3, 0.4) is 0 Å². The molecule has 3 aromatic carbocycles. The molecule has 0 aliphatic rings. The molecule has 4 aromatic rings. The highest BCUT2D eigenvalue weighted by Crippen LogP contribution is 2.50. The maximum Gasteiger partial charge on any atom is 0.123 e. The molecule has 1 aromatic heterocycles. The molecule has 1 unspecified atom stereocenters. The van der Waals surface area contributed by atoms with Crippen molar-refractivity contribution in [2.75, 3.05) is 0 Å². The molecule has 0 saturated carbocycles. The molecular formula is C18H11F2P. The molecule has 0 bridgehead atoms. The summed E-state index contributed by atoms with van der Waals surface area (Å²) in [6.07, 6.45) is 0. The molecule has 0 saturated heterocycles. The van der Waals surface area contributed by atoms with Crippen LogP contribution in [0.5, 0.6) is 0 Å². The highest BCUT2D eigenvalue weighted by atomic mass is 31.1. The molecule has 0 radical (unpaired) electrons. The van der Waals surface area contributed by atoms with Crippen LogP contribution in [0.4, 0.5) is 8.59 Å². The first-order chi connectivity index (χ1) is 10.2. The molecule has 0 N–H and O–H groups in total. The van der Waals surface area contributed by atoms with Gasteiger partial charge in [-0.1, -0.05) is 42.5 Å². The predicted molar refractivity (Wildman–Crippen MR) is 86.1 cm³/mol. The van der Waals surface area contributed by atoms with Crippen LogP contribution in [0.25, 0.3) is 32.1 Å². The maximum absolute atomic E-state index is 14.7. The number of benzene rings is 3. The lowest BCUT2D eigenvalue weighted by Gasteiger charge is -2.02. The Hall–Kier alpha value is -2.18. The third-order valence-corrected chi connectivity index (χ3v) is 5.38. The van der Waals surface area contributed by atoms with Gasteiger partial charge in [0.1, 0.15) is 5.82 Å². The first-order valence-corrected chi connectivity index (χ1v) is 7.92. The van der Waals surface area contributed by atoms with Crippen LogP contribution in [0.1, 0.15) is 0 Å². The van der Waals surface area contributed by atoms with E-state index in [4.69, 9.17) is 0 Å². The Morgan fingerprint density at radius 3 is 2.29 bits per heavy atom.